The maximum Gasteiger partial charge on any atom is 0.221 e. The average molecular weight is 306 g/mol. The van der Waals surface area contributed by atoms with Crippen LogP contribution in [0.15, 0.2) is 24.3 Å². The summed E-state index contributed by atoms with van der Waals surface area (Å²) in [6.07, 6.45) is 1.82. The molecule has 1 aliphatic heterocycles. The van der Waals surface area contributed by atoms with Crippen molar-refractivity contribution in [1.29, 1.82) is 0 Å². The van der Waals surface area contributed by atoms with Gasteiger partial charge in [0.15, 0.2) is 0 Å². The Bertz CT molecular complexity index is 461. The molecule has 1 fully saturated rings. The van der Waals surface area contributed by atoms with E-state index >= 15 is 0 Å². The quantitative estimate of drug-likeness (QED) is 0.871. The molecular weight excluding hydrogens is 280 g/mol. The minimum absolute atomic E-state index is 0.0913. The van der Waals surface area contributed by atoms with E-state index in [0.717, 1.165) is 44.0 Å². The summed E-state index contributed by atoms with van der Waals surface area (Å²) in [4.78, 5) is 14.3. The van der Waals surface area contributed by atoms with Crippen LogP contribution in [-0.4, -0.2) is 50.3 Å². The number of hydrogen-bond donors (Lipinski definition) is 1. The molecule has 5 nitrogen and oxygen atoms in total. The minimum atomic E-state index is 0.0913. The Kier molecular flexibility index (Phi) is 6.68. The summed E-state index contributed by atoms with van der Waals surface area (Å²) in [6.45, 7) is 6.18. The standard InChI is InChI=1S/C17H26N2O3/c1-14-13-19(9-3-11-22-14)10-8-17(20)18-12-15-4-6-16(21-2)7-5-15/h4-7,14H,3,8-13H2,1-2H3,(H,18,20)/t14-/m0/s1. The van der Waals surface area contributed by atoms with Crippen LogP contribution in [0.25, 0.3) is 0 Å². The molecule has 1 aromatic carbocycles. The second kappa shape index (κ2) is 8.76. The smallest absolute Gasteiger partial charge is 0.221 e. The monoisotopic (exact) mass is 306 g/mol. The molecule has 1 N–H and O–H groups in total. The molecule has 22 heavy (non-hydrogen) atoms. The van der Waals surface area contributed by atoms with Crippen LogP contribution in [0.5, 0.6) is 5.75 Å². The van der Waals surface area contributed by atoms with E-state index in [9.17, 15) is 4.79 Å². The third kappa shape index (κ3) is 5.66. The van der Waals surface area contributed by atoms with Gasteiger partial charge in [-0.05, 0) is 31.0 Å². The number of rotatable bonds is 6. The first kappa shape index (κ1) is 16.8. The summed E-state index contributed by atoms with van der Waals surface area (Å²) < 4.78 is 10.7. The molecule has 0 unspecified atom stereocenters. The van der Waals surface area contributed by atoms with E-state index in [1.54, 1.807) is 7.11 Å². The predicted molar refractivity (Wildman–Crippen MR) is 85.9 cm³/mol. The van der Waals surface area contributed by atoms with E-state index in [-0.39, 0.29) is 12.0 Å². The van der Waals surface area contributed by atoms with Gasteiger partial charge in [-0.15, -0.1) is 0 Å². The van der Waals surface area contributed by atoms with Crippen molar-refractivity contribution in [3.05, 3.63) is 29.8 Å². The molecule has 0 aromatic heterocycles. The Hall–Kier alpha value is -1.59. The molecule has 1 heterocycles. The van der Waals surface area contributed by atoms with E-state index in [1.165, 1.54) is 0 Å². The Morgan fingerprint density at radius 3 is 2.91 bits per heavy atom. The molecule has 1 aromatic rings. The lowest BCUT2D eigenvalue weighted by Crippen LogP contribution is -2.34. The fraction of sp³-hybridized carbons (Fsp3) is 0.588. The number of amides is 1. The molecule has 1 aliphatic rings. The number of ether oxygens (including phenoxy) is 2. The summed E-state index contributed by atoms with van der Waals surface area (Å²) >= 11 is 0. The average Bonchev–Trinajstić information content (AvgIpc) is 2.75. The van der Waals surface area contributed by atoms with Gasteiger partial charge < -0.3 is 19.7 Å². The maximum atomic E-state index is 12.0. The van der Waals surface area contributed by atoms with Gasteiger partial charge in [-0.25, -0.2) is 0 Å². The maximum absolute atomic E-state index is 12.0. The van der Waals surface area contributed by atoms with E-state index in [4.69, 9.17) is 9.47 Å². The Morgan fingerprint density at radius 2 is 2.18 bits per heavy atom. The van der Waals surface area contributed by atoms with Gasteiger partial charge in [0.05, 0.1) is 13.2 Å². The fourth-order valence-corrected chi connectivity index (χ4v) is 2.58. The number of carbonyl (C=O) groups is 1. The fourth-order valence-electron chi connectivity index (χ4n) is 2.58. The van der Waals surface area contributed by atoms with Crippen molar-refractivity contribution in [2.24, 2.45) is 0 Å². The highest BCUT2D eigenvalue weighted by Gasteiger charge is 2.15. The zero-order valence-corrected chi connectivity index (χ0v) is 13.5. The molecule has 0 saturated carbocycles. The van der Waals surface area contributed by atoms with Crippen molar-refractivity contribution in [1.82, 2.24) is 10.2 Å². The summed E-state index contributed by atoms with van der Waals surface area (Å²) in [6, 6.07) is 7.74. The second-order valence-electron chi connectivity index (χ2n) is 5.71. The van der Waals surface area contributed by atoms with Crippen LogP contribution in [0.1, 0.15) is 25.3 Å². The molecule has 0 aliphatic carbocycles. The highest BCUT2D eigenvalue weighted by atomic mass is 16.5. The van der Waals surface area contributed by atoms with Crippen molar-refractivity contribution < 1.29 is 14.3 Å². The van der Waals surface area contributed by atoms with Crippen LogP contribution in [0.2, 0.25) is 0 Å². The molecule has 0 bridgehead atoms. The lowest BCUT2D eigenvalue weighted by Gasteiger charge is -2.21. The van der Waals surface area contributed by atoms with Gasteiger partial charge in [0.1, 0.15) is 5.75 Å². The largest absolute Gasteiger partial charge is 0.497 e. The Labute approximate surface area is 132 Å². The van der Waals surface area contributed by atoms with Crippen LogP contribution in [0.4, 0.5) is 0 Å². The first-order valence-corrected chi connectivity index (χ1v) is 7.91. The summed E-state index contributed by atoms with van der Waals surface area (Å²) in [5.41, 5.74) is 1.07. The van der Waals surface area contributed by atoms with Crippen LogP contribution in [0.3, 0.4) is 0 Å². The molecule has 1 amide bonds. The van der Waals surface area contributed by atoms with Gasteiger partial charge in [-0.1, -0.05) is 12.1 Å². The Balaban J connectivity index is 1.68. The first-order chi connectivity index (χ1) is 10.7. The number of nitrogens with zero attached hydrogens (tertiary/aromatic N) is 1. The van der Waals surface area contributed by atoms with Gasteiger partial charge in [0.25, 0.3) is 0 Å². The van der Waals surface area contributed by atoms with Crippen molar-refractivity contribution in [3.8, 4) is 5.75 Å². The number of benzene rings is 1. The SMILES string of the molecule is COc1ccc(CNC(=O)CCN2CCCO[C@@H](C)C2)cc1. The number of methoxy groups -OCH3 is 1. The molecule has 1 saturated heterocycles. The van der Waals surface area contributed by atoms with E-state index in [0.29, 0.717) is 13.0 Å². The second-order valence-corrected chi connectivity index (χ2v) is 5.71. The number of carbonyl (C=O) groups excluding carboxylic acids is 1. The molecular formula is C17H26N2O3. The van der Waals surface area contributed by atoms with Gasteiger partial charge in [-0.2, -0.15) is 0 Å². The lowest BCUT2D eigenvalue weighted by molar-refractivity contribution is -0.121. The van der Waals surface area contributed by atoms with Gasteiger partial charge >= 0.3 is 0 Å². The zero-order chi connectivity index (χ0) is 15.8. The molecule has 0 spiro atoms. The third-order valence-electron chi connectivity index (χ3n) is 3.84. The van der Waals surface area contributed by atoms with Gasteiger partial charge in [0.2, 0.25) is 5.91 Å². The van der Waals surface area contributed by atoms with Gasteiger partial charge in [0, 0.05) is 39.2 Å². The van der Waals surface area contributed by atoms with Crippen LogP contribution >= 0.6 is 0 Å². The normalized spacial score (nSPS) is 19.5. The van der Waals surface area contributed by atoms with E-state index in [1.807, 2.05) is 24.3 Å². The number of nitrogens with one attached hydrogen (secondary N) is 1. The summed E-state index contributed by atoms with van der Waals surface area (Å²) in [7, 11) is 1.64. The molecule has 122 valence electrons. The van der Waals surface area contributed by atoms with Crippen molar-refractivity contribution >= 4 is 5.91 Å². The van der Waals surface area contributed by atoms with Crippen molar-refractivity contribution in [2.75, 3.05) is 33.4 Å². The Morgan fingerprint density at radius 1 is 1.41 bits per heavy atom. The highest BCUT2D eigenvalue weighted by Crippen LogP contribution is 2.11. The highest BCUT2D eigenvalue weighted by molar-refractivity contribution is 5.76. The third-order valence-corrected chi connectivity index (χ3v) is 3.84. The summed E-state index contributed by atoms with van der Waals surface area (Å²) in [5.74, 6) is 0.918. The molecule has 5 heteroatoms. The van der Waals surface area contributed by atoms with Crippen molar-refractivity contribution in [3.63, 3.8) is 0 Å². The molecule has 1 atom stereocenters. The van der Waals surface area contributed by atoms with Gasteiger partial charge in [-0.3, -0.25) is 4.79 Å². The van der Waals surface area contributed by atoms with Crippen LogP contribution in [0, 0.1) is 0 Å². The number of hydrogen-bond acceptors (Lipinski definition) is 4. The zero-order valence-electron chi connectivity index (χ0n) is 13.5. The minimum Gasteiger partial charge on any atom is -0.497 e. The predicted octanol–water partition coefficient (Wildman–Crippen LogP) is 1.81. The van der Waals surface area contributed by atoms with E-state index < -0.39 is 0 Å². The van der Waals surface area contributed by atoms with Crippen LogP contribution in [-0.2, 0) is 16.1 Å². The first-order valence-electron chi connectivity index (χ1n) is 7.91. The molecule has 0 radical (unpaired) electrons. The van der Waals surface area contributed by atoms with E-state index in [2.05, 4.69) is 17.1 Å². The van der Waals surface area contributed by atoms with Crippen molar-refractivity contribution in [2.45, 2.75) is 32.4 Å². The molecule has 2 rings (SSSR count). The summed E-state index contributed by atoms with van der Waals surface area (Å²) in [5, 5.41) is 2.97. The van der Waals surface area contributed by atoms with Crippen LogP contribution < -0.4 is 10.1 Å². The lowest BCUT2D eigenvalue weighted by atomic mass is 10.2. The topological polar surface area (TPSA) is 50.8 Å².